The first-order chi connectivity index (χ1) is 10.3. The van der Waals surface area contributed by atoms with Gasteiger partial charge >= 0.3 is 0 Å². The highest BCUT2D eigenvalue weighted by Gasteiger charge is 2.12. The summed E-state index contributed by atoms with van der Waals surface area (Å²) in [5.74, 6) is 2.48. The third kappa shape index (κ3) is 3.76. The number of hydrogen-bond acceptors (Lipinski definition) is 3. The molecule has 0 unspecified atom stereocenters. The van der Waals surface area contributed by atoms with Gasteiger partial charge in [0, 0.05) is 12.6 Å². The first-order valence-electron chi connectivity index (χ1n) is 7.47. The fourth-order valence-corrected chi connectivity index (χ4v) is 2.71. The predicted octanol–water partition coefficient (Wildman–Crippen LogP) is 4.08. The molecule has 3 nitrogen and oxygen atoms in total. The fourth-order valence-electron chi connectivity index (χ4n) is 2.71. The predicted molar refractivity (Wildman–Crippen MR) is 84.0 cm³/mol. The number of methoxy groups -OCH3 is 1. The SMILES string of the molecule is COc1cccc(Oc2cccc(CN3CCCC3)c2)c1. The van der Waals surface area contributed by atoms with Crippen LogP contribution < -0.4 is 9.47 Å². The Morgan fingerprint density at radius 3 is 2.33 bits per heavy atom. The smallest absolute Gasteiger partial charge is 0.131 e. The van der Waals surface area contributed by atoms with Gasteiger partial charge in [-0.2, -0.15) is 0 Å². The van der Waals surface area contributed by atoms with Crippen LogP contribution in [-0.2, 0) is 6.54 Å². The molecular weight excluding hydrogens is 262 g/mol. The second kappa shape index (κ2) is 6.64. The van der Waals surface area contributed by atoms with Crippen LogP contribution in [0.5, 0.6) is 17.2 Å². The molecule has 1 aliphatic heterocycles. The van der Waals surface area contributed by atoms with Crippen LogP contribution in [0.1, 0.15) is 18.4 Å². The molecule has 1 saturated heterocycles. The lowest BCUT2D eigenvalue weighted by Crippen LogP contribution is -2.18. The van der Waals surface area contributed by atoms with Crippen molar-refractivity contribution in [3.63, 3.8) is 0 Å². The highest BCUT2D eigenvalue weighted by atomic mass is 16.5. The number of benzene rings is 2. The van der Waals surface area contributed by atoms with Crippen LogP contribution >= 0.6 is 0 Å². The number of ether oxygens (including phenoxy) is 2. The average molecular weight is 283 g/mol. The summed E-state index contributed by atoms with van der Waals surface area (Å²) in [5.41, 5.74) is 1.30. The van der Waals surface area contributed by atoms with Crippen LogP contribution in [0.3, 0.4) is 0 Å². The van der Waals surface area contributed by atoms with E-state index in [1.807, 2.05) is 30.3 Å². The van der Waals surface area contributed by atoms with E-state index in [2.05, 4.69) is 23.1 Å². The Morgan fingerprint density at radius 2 is 1.57 bits per heavy atom. The molecule has 0 spiro atoms. The topological polar surface area (TPSA) is 21.7 Å². The fraction of sp³-hybridized carbons (Fsp3) is 0.333. The van der Waals surface area contributed by atoms with Gasteiger partial charge in [0.1, 0.15) is 17.2 Å². The maximum Gasteiger partial charge on any atom is 0.131 e. The van der Waals surface area contributed by atoms with Gasteiger partial charge in [0.25, 0.3) is 0 Å². The van der Waals surface area contributed by atoms with E-state index in [1.54, 1.807) is 7.11 Å². The van der Waals surface area contributed by atoms with Gasteiger partial charge in [0.05, 0.1) is 7.11 Å². The van der Waals surface area contributed by atoms with Crippen molar-refractivity contribution < 1.29 is 9.47 Å². The Bertz CT molecular complexity index is 591. The normalized spacial score (nSPS) is 15.1. The monoisotopic (exact) mass is 283 g/mol. The second-order valence-electron chi connectivity index (χ2n) is 5.41. The Labute approximate surface area is 126 Å². The molecule has 3 heteroatoms. The van der Waals surface area contributed by atoms with Gasteiger partial charge in [0.2, 0.25) is 0 Å². The Hall–Kier alpha value is -2.00. The minimum Gasteiger partial charge on any atom is -0.497 e. The van der Waals surface area contributed by atoms with Crippen molar-refractivity contribution in [1.29, 1.82) is 0 Å². The van der Waals surface area contributed by atoms with Gasteiger partial charge in [-0.3, -0.25) is 4.90 Å². The number of likely N-dealkylation sites (tertiary alicyclic amines) is 1. The minimum absolute atomic E-state index is 0.799. The van der Waals surface area contributed by atoms with Crippen LogP contribution in [-0.4, -0.2) is 25.1 Å². The summed E-state index contributed by atoms with van der Waals surface area (Å²) in [6.07, 6.45) is 2.64. The van der Waals surface area contributed by atoms with Gasteiger partial charge in [-0.25, -0.2) is 0 Å². The van der Waals surface area contributed by atoms with Crippen LogP contribution in [0.2, 0.25) is 0 Å². The van der Waals surface area contributed by atoms with Gasteiger partial charge in [0.15, 0.2) is 0 Å². The molecule has 3 rings (SSSR count). The summed E-state index contributed by atoms with van der Waals surface area (Å²) < 4.78 is 11.1. The van der Waals surface area contributed by atoms with Gasteiger partial charge < -0.3 is 9.47 Å². The van der Waals surface area contributed by atoms with E-state index in [1.165, 1.54) is 31.5 Å². The molecular formula is C18H21NO2. The highest BCUT2D eigenvalue weighted by Crippen LogP contribution is 2.26. The third-order valence-electron chi connectivity index (χ3n) is 3.78. The summed E-state index contributed by atoms with van der Waals surface area (Å²) in [7, 11) is 1.66. The Morgan fingerprint density at radius 1 is 0.905 bits per heavy atom. The molecule has 110 valence electrons. The summed E-state index contributed by atoms with van der Waals surface area (Å²) in [6.45, 7) is 3.43. The first kappa shape index (κ1) is 14.0. The van der Waals surface area contributed by atoms with Crippen molar-refractivity contribution in [1.82, 2.24) is 4.90 Å². The molecule has 0 saturated carbocycles. The van der Waals surface area contributed by atoms with E-state index in [-0.39, 0.29) is 0 Å². The number of rotatable bonds is 5. The van der Waals surface area contributed by atoms with E-state index in [0.717, 1.165) is 23.8 Å². The summed E-state index contributed by atoms with van der Waals surface area (Å²) in [4.78, 5) is 2.49. The first-order valence-corrected chi connectivity index (χ1v) is 7.47. The average Bonchev–Trinajstić information content (AvgIpc) is 3.01. The zero-order valence-electron chi connectivity index (χ0n) is 12.4. The lowest BCUT2D eigenvalue weighted by molar-refractivity contribution is 0.331. The Balaban J connectivity index is 1.70. The van der Waals surface area contributed by atoms with E-state index in [0.29, 0.717) is 0 Å². The van der Waals surface area contributed by atoms with Crippen molar-refractivity contribution in [2.45, 2.75) is 19.4 Å². The number of hydrogen-bond donors (Lipinski definition) is 0. The molecule has 1 fully saturated rings. The molecule has 1 aliphatic rings. The molecule has 0 radical (unpaired) electrons. The second-order valence-corrected chi connectivity index (χ2v) is 5.41. The van der Waals surface area contributed by atoms with Crippen LogP contribution in [0.15, 0.2) is 48.5 Å². The highest BCUT2D eigenvalue weighted by molar-refractivity contribution is 5.38. The number of nitrogens with zero attached hydrogens (tertiary/aromatic N) is 1. The van der Waals surface area contributed by atoms with Gasteiger partial charge in [-0.15, -0.1) is 0 Å². The zero-order chi connectivity index (χ0) is 14.5. The van der Waals surface area contributed by atoms with Gasteiger partial charge in [-0.05, 0) is 55.8 Å². The third-order valence-corrected chi connectivity index (χ3v) is 3.78. The van der Waals surface area contributed by atoms with Crippen molar-refractivity contribution in [3.8, 4) is 17.2 Å². The molecule has 21 heavy (non-hydrogen) atoms. The molecule has 0 aromatic heterocycles. The van der Waals surface area contributed by atoms with E-state index < -0.39 is 0 Å². The largest absolute Gasteiger partial charge is 0.497 e. The van der Waals surface area contributed by atoms with E-state index in [9.17, 15) is 0 Å². The van der Waals surface area contributed by atoms with E-state index in [4.69, 9.17) is 9.47 Å². The molecule has 0 aliphatic carbocycles. The molecule has 0 amide bonds. The molecule has 1 heterocycles. The molecule has 2 aromatic rings. The maximum absolute atomic E-state index is 5.93. The summed E-state index contributed by atoms with van der Waals surface area (Å²) in [5, 5.41) is 0. The molecule has 0 N–H and O–H groups in total. The zero-order valence-corrected chi connectivity index (χ0v) is 12.4. The molecule has 0 bridgehead atoms. The summed E-state index contributed by atoms with van der Waals surface area (Å²) >= 11 is 0. The molecule has 2 aromatic carbocycles. The quantitative estimate of drug-likeness (QED) is 0.825. The van der Waals surface area contributed by atoms with Crippen molar-refractivity contribution in [2.75, 3.05) is 20.2 Å². The van der Waals surface area contributed by atoms with E-state index >= 15 is 0 Å². The van der Waals surface area contributed by atoms with Crippen LogP contribution in [0.25, 0.3) is 0 Å². The Kier molecular flexibility index (Phi) is 4.41. The minimum atomic E-state index is 0.799. The lowest BCUT2D eigenvalue weighted by Gasteiger charge is -2.15. The van der Waals surface area contributed by atoms with Crippen molar-refractivity contribution >= 4 is 0 Å². The van der Waals surface area contributed by atoms with Crippen molar-refractivity contribution in [2.24, 2.45) is 0 Å². The van der Waals surface area contributed by atoms with Crippen LogP contribution in [0, 0.1) is 0 Å². The maximum atomic E-state index is 5.93. The lowest BCUT2D eigenvalue weighted by atomic mass is 10.2. The van der Waals surface area contributed by atoms with Gasteiger partial charge in [-0.1, -0.05) is 18.2 Å². The molecule has 0 atom stereocenters. The standard InChI is InChI=1S/C18H21NO2/c1-20-16-7-5-9-18(13-16)21-17-8-4-6-15(12-17)14-19-10-2-3-11-19/h4-9,12-13H,2-3,10-11,14H2,1H3. The summed E-state index contributed by atoms with van der Waals surface area (Å²) in [6, 6.07) is 16.0. The van der Waals surface area contributed by atoms with Crippen molar-refractivity contribution in [3.05, 3.63) is 54.1 Å². The van der Waals surface area contributed by atoms with Crippen LogP contribution in [0.4, 0.5) is 0 Å².